The zero-order valence-electron chi connectivity index (χ0n) is 21.4. The molecule has 1 aromatic carbocycles. The minimum absolute atomic E-state index is 0.0320. The van der Waals surface area contributed by atoms with Gasteiger partial charge in [-0.05, 0) is 80.5 Å². The van der Waals surface area contributed by atoms with Gasteiger partial charge in [0.1, 0.15) is 16.7 Å². The van der Waals surface area contributed by atoms with Crippen LogP contribution in [0.2, 0.25) is 0 Å². The van der Waals surface area contributed by atoms with Crippen LogP contribution >= 0.6 is 33.9 Å². The minimum Gasteiger partial charge on any atom is -0.343 e. The van der Waals surface area contributed by atoms with E-state index in [0.29, 0.717) is 35.4 Å². The lowest BCUT2D eigenvalue weighted by Crippen LogP contribution is -2.43. The Morgan fingerprint density at radius 2 is 1.72 bits per heavy atom. The summed E-state index contributed by atoms with van der Waals surface area (Å²) < 4.78 is 77.8. The van der Waals surface area contributed by atoms with E-state index in [9.17, 15) is 31.1 Å². The number of nitrogens with zero attached hydrogens (tertiary/aromatic N) is 4. The van der Waals surface area contributed by atoms with E-state index in [1.54, 1.807) is 18.3 Å². The van der Waals surface area contributed by atoms with Crippen LogP contribution in [0.4, 0.5) is 26.3 Å². The maximum Gasteiger partial charge on any atom is 0.398 e. The number of rotatable bonds is 6. The molecule has 1 saturated heterocycles. The molecule has 1 aliphatic rings. The molecule has 0 bridgehead atoms. The number of carbonyl (C=O) groups is 1. The van der Waals surface area contributed by atoms with Gasteiger partial charge in [0.15, 0.2) is 0 Å². The largest absolute Gasteiger partial charge is 0.398 e. The predicted octanol–water partition coefficient (Wildman–Crippen LogP) is 7.87. The van der Waals surface area contributed by atoms with E-state index in [4.69, 9.17) is 4.98 Å². The topological polar surface area (TPSA) is 51.0 Å². The molecule has 3 heterocycles. The molecule has 3 aromatic rings. The lowest BCUT2D eigenvalue weighted by Gasteiger charge is -2.33. The van der Waals surface area contributed by atoms with Gasteiger partial charge in [-0.15, -0.1) is 11.3 Å². The van der Waals surface area contributed by atoms with Gasteiger partial charge in [-0.2, -0.15) is 27.1 Å². The molecule has 39 heavy (non-hydrogen) atoms. The van der Waals surface area contributed by atoms with Gasteiger partial charge < -0.3 is 4.90 Å². The molecule has 0 aliphatic carbocycles. The van der Waals surface area contributed by atoms with Crippen LogP contribution in [0.5, 0.6) is 0 Å². The Morgan fingerprint density at radius 1 is 1.10 bits per heavy atom. The van der Waals surface area contributed by atoms with Crippen LogP contribution in [0.25, 0.3) is 21.8 Å². The Morgan fingerprint density at radius 3 is 2.26 bits per heavy atom. The van der Waals surface area contributed by atoms with Crippen LogP contribution in [-0.2, 0) is 10.3 Å². The number of aromatic nitrogens is 3. The number of halogens is 7. The summed E-state index contributed by atoms with van der Waals surface area (Å²) in [4.78, 5) is 18.5. The highest BCUT2D eigenvalue weighted by Gasteiger charge is 2.55. The average Bonchev–Trinajstić information content (AvgIpc) is 3.49. The summed E-state index contributed by atoms with van der Waals surface area (Å²) in [5.41, 5.74) is 2.82. The second-order valence-corrected chi connectivity index (χ2v) is 12.9. The Kier molecular flexibility index (Phi) is 8.42. The van der Waals surface area contributed by atoms with Crippen LogP contribution in [0.3, 0.4) is 0 Å². The molecular formula is C26H27F6IN4OS. The lowest BCUT2D eigenvalue weighted by molar-refractivity contribution is -0.214. The smallest absolute Gasteiger partial charge is 0.343 e. The number of carbonyl (C=O) groups excluding carboxylic acids is 1. The van der Waals surface area contributed by atoms with E-state index >= 15 is 0 Å². The van der Waals surface area contributed by atoms with Crippen molar-refractivity contribution in [3.8, 4) is 21.8 Å². The van der Waals surface area contributed by atoms with Crippen LogP contribution in [-0.4, -0.2) is 48.8 Å². The van der Waals surface area contributed by atoms with Gasteiger partial charge in [0.25, 0.3) is 0 Å². The third-order valence-corrected chi connectivity index (χ3v) is 8.36. The van der Waals surface area contributed by atoms with Crippen molar-refractivity contribution < 1.29 is 31.1 Å². The zero-order chi connectivity index (χ0) is 28.8. The number of hydrogen-bond donors (Lipinski definition) is 0. The molecule has 4 rings (SSSR count). The molecule has 13 heteroatoms. The van der Waals surface area contributed by atoms with Gasteiger partial charge >= 0.3 is 10.1 Å². The summed E-state index contributed by atoms with van der Waals surface area (Å²) in [6.07, 6.45) is -3.82. The Balaban J connectivity index is 1.50. The fraction of sp³-hybridized carbons (Fsp3) is 0.500. The number of amides is 1. The molecule has 5 nitrogen and oxygen atoms in total. The summed E-state index contributed by atoms with van der Waals surface area (Å²) >= 11 is 1.87. The highest BCUT2D eigenvalue weighted by atomic mass is 127. The van der Waals surface area contributed by atoms with Crippen LogP contribution < -0.4 is 0 Å². The van der Waals surface area contributed by atoms with E-state index in [1.807, 2.05) is 30.8 Å². The summed E-state index contributed by atoms with van der Waals surface area (Å²) in [7, 11) is 0. The normalized spacial score (nSPS) is 16.5. The molecule has 0 saturated carbocycles. The first-order chi connectivity index (χ1) is 18.1. The number of likely N-dealkylation sites (tertiary alicyclic amines) is 1. The monoisotopic (exact) mass is 684 g/mol. The third kappa shape index (κ3) is 6.77. The van der Waals surface area contributed by atoms with Crippen molar-refractivity contribution in [3.05, 3.63) is 47.4 Å². The zero-order valence-corrected chi connectivity index (χ0v) is 24.4. The van der Waals surface area contributed by atoms with Gasteiger partial charge in [-0.3, -0.25) is 9.48 Å². The number of hydrogen-bond acceptors (Lipinski definition) is 4. The van der Waals surface area contributed by atoms with Gasteiger partial charge in [-0.1, -0.05) is 0 Å². The predicted molar refractivity (Wildman–Crippen MR) is 145 cm³/mol. The van der Waals surface area contributed by atoms with E-state index in [0.717, 1.165) is 27.5 Å². The summed E-state index contributed by atoms with van der Waals surface area (Å²) in [5.74, 6) is -4.33. The molecule has 1 atom stereocenters. The molecule has 1 fully saturated rings. The first-order valence-electron chi connectivity index (χ1n) is 12.3. The second kappa shape index (κ2) is 11.0. The summed E-state index contributed by atoms with van der Waals surface area (Å²) in [5, 5.41) is 7.21. The van der Waals surface area contributed by atoms with Crippen molar-refractivity contribution in [2.24, 2.45) is 5.92 Å². The molecule has 0 N–H and O–H groups in total. The van der Waals surface area contributed by atoms with Crippen molar-refractivity contribution in [2.75, 3.05) is 13.1 Å². The summed E-state index contributed by atoms with van der Waals surface area (Å²) in [6.45, 7) is 6.36. The first-order valence-corrected chi connectivity index (χ1v) is 14.2. The average molecular weight is 684 g/mol. The molecular weight excluding hydrogens is 657 g/mol. The van der Waals surface area contributed by atoms with E-state index in [-0.39, 0.29) is 30.4 Å². The molecule has 1 amide bonds. The van der Waals surface area contributed by atoms with Crippen molar-refractivity contribution in [1.29, 1.82) is 0 Å². The van der Waals surface area contributed by atoms with E-state index in [1.165, 1.54) is 28.4 Å². The lowest BCUT2D eigenvalue weighted by atomic mass is 9.93. The van der Waals surface area contributed by atoms with Gasteiger partial charge in [0.05, 0.1) is 28.7 Å². The molecule has 0 spiro atoms. The van der Waals surface area contributed by atoms with Crippen molar-refractivity contribution in [2.45, 2.75) is 61.6 Å². The Labute approximate surface area is 239 Å². The number of alkyl halides is 6. The number of piperidine rings is 1. The van der Waals surface area contributed by atoms with Crippen LogP contribution in [0, 0.1) is 11.7 Å². The highest BCUT2D eigenvalue weighted by Crippen LogP contribution is 2.45. The molecule has 212 valence electrons. The second-order valence-electron chi connectivity index (χ2n) is 10.6. The molecule has 1 aliphatic heterocycles. The standard InChI is InChI=1S/C26H27F6IN4OS/c1-24(2,3)37-22(16-4-6-17(27)7-5-16)18(13-34-37)23-35-19(14-39-23)15-8-10-36(11-9-15)21(38)12-20(25(28,29)30)26(31,32)33/h4-7,13-15,20H,8-12H2,1-3H3. The van der Waals surface area contributed by atoms with Crippen molar-refractivity contribution >= 4 is 39.8 Å². The van der Waals surface area contributed by atoms with Gasteiger partial charge in [0.2, 0.25) is 5.91 Å². The first kappa shape index (κ1) is 29.8. The highest BCUT2D eigenvalue weighted by molar-refractivity contribution is 14.1. The Bertz CT molecular complexity index is 1290. The summed E-state index contributed by atoms with van der Waals surface area (Å²) in [6, 6.07) is 6.16. The SMILES string of the molecule is CC(C)(C)n1ncc(-c2nc(C3CCN(C(=O)CC(C(F)(F)F)C(F)(F)I)CC3)cs2)c1-c1ccc(F)cc1. The Hall–Kier alpha value is -2.16. The van der Waals surface area contributed by atoms with Crippen LogP contribution in [0.1, 0.15) is 51.6 Å². The quantitative estimate of drug-likeness (QED) is 0.151. The van der Waals surface area contributed by atoms with Crippen molar-refractivity contribution in [1.82, 2.24) is 19.7 Å². The van der Waals surface area contributed by atoms with Crippen molar-refractivity contribution in [3.63, 3.8) is 0 Å². The van der Waals surface area contributed by atoms with E-state index in [2.05, 4.69) is 5.10 Å². The van der Waals surface area contributed by atoms with Gasteiger partial charge in [-0.25, -0.2) is 9.37 Å². The maximum absolute atomic E-state index is 13.6. The maximum atomic E-state index is 13.6. The fourth-order valence-corrected chi connectivity index (χ4v) is 6.13. The molecule has 2 aromatic heterocycles. The van der Waals surface area contributed by atoms with Crippen LogP contribution in [0.15, 0.2) is 35.8 Å². The fourth-order valence-electron chi connectivity index (χ4n) is 4.64. The minimum atomic E-state index is -5.18. The molecule has 0 radical (unpaired) electrons. The van der Waals surface area contributed by atoms with E-state index < -0.39 is 28.4 Å². The number of thiazole rings is 1. The molecule has 1 unspecified atom stereocenters. The number of benzene rings is 1. The van der Waals surface area contributed by atoms with Gasteiger partial charge in [0, 0.05) is 36.4 Å². The third-order valence-electron chi connectivity index (χ3n) is 6.71.